The van der Waals surface area contributed by atoms with E-state index in [4.69, 9.17) is 19.2 Å². The van der Waals surface area contributed by atoms with E-state index in [1.54, 1.807) is 4.57 Å². The van der Waals surface area contributed by atoms with E-state index in [1.165, 1.54) is 18.4 Å². The van der Waals surface area contributed by atoms with Crippen LogP contribution in [0.5, 0.6) is 11.5 Å². The lowest BCUT2D eigenvalue weighted by Gasteiger charge is -2.25. The van der Waals surface area contributed by atoms with Crippen LogP contribution in [0.15, 0.2) is 68.0 Å². The second-order valence-corrected chi connectivity index (χ2v) is 9.76. The lowest BCUT2D eigenvalue weighted by Crippen LogP contribution is -2.40. The number of hydrogen-bond acceptors (Lipinski definition) is 7. The van der Waals surface area contributed by atoms with E-state index in [9.17, 15) is 9.59 Å². The largest absolute Gasteiger partial charge is 0.490 e. The van der Waals surface area contributed by atoms with Crippen molar-refractivity contribution in [3.8, 4) is 11.5 Å². The van der Waals surface area contributed by atoms with Crippen LogP contribution in [-0.4, -0.2) is 30.9 Å². The summed E-state index contributed by atoms with van der Waals surface area (Å²) in [6.45, 7) is 6.73. The number of carbonyl (C=O) groups is 1. The highest BCUT2D eigenvalue weighted by Gasteiger charge is 2.33. The molecule has 0 fully saturated rings. The summed E-state index contributed by atoms with van der Waals surface area (Å²) in [6.07, 6.45) is 2.34. The molecule has 4 rings (SSSR count). The summed E-state index contributed by atoms with van der Waals surface area (Å²) in [5.41, 5.74) is 2.36. The maximum Gasteiger partial charge on any atom is 0.338 e. The first-order valence-corrected chi connectivity index (χ1v) is 13.3. The standard InChI is InChI=1S/C27H27BrN2O5S/c1-5-19-22(26(32)33-4)23(17-11-9-8-10-12-17)30-25(31)21(36-27(30)29-19)15-16-13-18(28)24(35-7-3)20(14-16)34-6-2/h8-15,23H,5-7H2,1-4H3/b21-15+/t23-/m0/s1. The summed E-state index contributed by atoms with van der Waals surface area (Å²) in [4.78, 5) is 31.9. The molecule has 0 bridgehead atoms. The Morgan fingerprint density at radius 3 is 2.50 bits per heavy atom. The lowest BCUT2D eigenvalue weighted by molar-refractivity contribution is -0.136. The highest BCUT2D eigenvalue weighted by molar-refractivity contribution is 9.10. The highest BCUT2D eigenvalue weighted by atomic mass is 79.9. The maximum absolute atomic E-state index is 13.8. The van der Waals surface area contributed by atoms with Gasteiger partial charge < -0.3 is 14.2 Å². The molecule has 0 amide bonds. The molecule has 1 aliphatic heterocycles. The minimum atomic E-state index is -0.627. The van der Waals surface area contributed by atoms with Gasteiger partial charge in [0, 0.05) is 0 Å². The summed E-state index contributed by atoms with van der Waals surface area (Å²) in [5.74, 6) is 0.726. The number of aromatic nitrogens is 1. The number of rotatable bonds is 8. The molecule has 0 radical (unpaired) electrons. The molecule has 0 spiro atoms. The van der Waals surface area contributed by atoms with Gasteiger partial charge in [0.15, 0.2) is 16.3 Å². The minimum absolute atomic E-state index is 0.230. The molecule has 0 unspecified atom stereocenters. The van der Waals surface area contributed by atoms with Gasteiger partial charge in [-0.1, -0.05) is 48.6 Å². The van der Waals surface area contributed by atoms with E-state index in [0.29, 0.717) is 51.7 Å². The van der Waals surface area contributed by atoms with Crippen LogP contribution in [0.3, 0.4) is 0 Å². The fourth-order valence-electron chi connectivity index (χ4n) is 4.18. The fraction of sp³-hybridized carbons (Fsp3) is 0.296. The van der Waals surface area contributed by atoms with Gasteiger partial charge in [-0.25, -0.2) is 9.79 Å². The SMILES string of the molecule is CCOc1cc(/C=c2/sc3n(c2=O)[C@@H](c2ccccc2)C(C(=O)OC)=C(CC)N=3)cc(Br)c1OCC. The molecule has 1 aliphatic rings. The van der Waals surface area contributed by atoms with Crippen LogP contribution in [-0.2, 0) is 9.53 Å². The van der Waals surface area contributed by atoms with Gasteiger partial charge in [-0.05, 0) is 65.5 Å². The third-order valence-corrected chi connectivity index (χ3v) is 7.26. The van der Waals surface area contributed by atoms with Crippen molar-refractivity contribution >= 4 is 39.3 Å². The summed E-state index contributed by atoms with van der Waals surface area (Å²) in [7, 11) is 1.34. The van der Waals surface area contributed by atoms with Gasteiger partial charge in [0.1, 0.15) is 0 Å². The summed E-state index contributed by atoms with van der Waals surface area (Å²) in [5, 5.41) is 0. The summed E-state index contributed by atoms with van der Waals surface area (Å²) in [6, 6.07) is 12.6. The maximum atomic E-state index is 13.8. The quantitative estimate of drug-likeness (QED) is 0.376. The third-order valence-electron chi connectivity index (χ3n) is 5.68. The average molecular weight is 571 g/mol. The molecular formula is C27H27BrN2O5S. The molecule has 2 heterocycles. The smallest absolute Gasteiger partial charge is 0.338 e. The Balaban J connectivity index is 1.94. The van der Waals surface area contributed by atoms with Gasteiger partial charge in [-0.3, -0.25) is 9.36 Å². The van der Waals surface area contributed by atoms with E-state index in [-0.39, 0.29) is 5.56 Å². The van der Waals surface area contributed by atoms with Crippen LogP contribution in [0.25, 0.3) is 6.08 Å². The predicted molar refractivity (Wildman–Crippen MR) is 143 cm³/mol. The normalized spacial score (nSPS) is 15.4. The number of ether oxygens (including phenoxy) is 3. The fourth-order valence-corrected chi connectivity index (χ4v) is 5.78. The van der Waals surface area contributed by atoms with Gasteiger partial charge >= 0.3 is 5.97 Å². The second-order valence-electron chi connectivity index (χ2n) is 7.89. The zero-order valence-electron chi connectivity index (χ0n) is 20.5. The van der Waals surface area contributed by atoms with Crippen molar-refractivity contribution in [2.45, 2.75) is 33.2 Å². The van der Waals surface area contributed by atoms with Crippen LogP contribution in [0, 0.1) is 0 Å². The number of carbonyl (C=O) groups excluding carboxylic acids is 1. The van der Waals surface area contributed by atoms with E-state index < -0.39 is 12.0 Å². The van der Waals surface area contributed by atoms with Gasteiger partial charge in [0.2, 0.25) is 0 Å². The van der Waals surface area contributed by atoms with Crippen molar-refractivity contribution in [2.75, 3.05) is 20.3 Å². The van der Waals surface area contributed by atoms with Crippen molar-refractivity contribution in [1.82, 2.24) is 4.57 Å². The number of thiazole rings is 1. The number of hydrogen-bond donors (Lipinski definition) is 0. The Bertz CT molecular complexity index is 1490. The number of benzene rings is 2. The second kappa shape index (κ2) is 11.3. The number of halogens is 1. The van der Waals surface area contributed by atoms with Crippen LogP contribution < -0.4 is 24.4 Å². The number of esters is 1. The first-order chi connectivity index (χ1) is 17.4. The molecule has 1 aromatic heterocycles. The number of fused-ring (bicyclic) bond motifs is 1. The molecule has 0 N–H and O–H groups in total. The van der Waals surface area contributed by atoms with E-state index >= 15 is 0 Å². The van der Waals surface area contributed by atoms with E-state index in [0.717, 1.165) is 15.6 Å². The molecular weight excluding hydrogens is 544 g/mol. The van der Waals surface area contributed by atoms with Crippen molar-refractivity contribution in [3.63, 3.8) is 0 Å². The molecule has 188 valence electrons. The molecule has 0 saturated heterocycles. The Morgan fingerprint density at radius 1 is 1.14 bits per heavy atom. The Labute approximate surface area is 221 Å². The molecule has 0 aliphatic carbocycles. The Hall–Kier alpha value is -3.17. The van der Waals surface area contributed by atoms with Crippen LogP contribution >= 0.6 is 27.3 Å². The third kappa shape index (κ3) is 4.90. The minimum Gasteiger partial charge on any atom is -0.490 e. The molecule has 2 aromatic carbocycles. The van der Waals surface area contributed by atoms with E-state index in [1.807, 2.05) is 69.3 Å². The topological polar surface area (TPSA) is 79.1 Å². The first-order valence-electron chi connectivity index (χ1n) is 11.7. The van der Waals surface area contributed by atoms with Crippen molar-refractivity contribution in [3.05, 3.63) is 89.0 Å². The van der Waals surface area contributed by atoms with Gasteiger partial charge in [-0.15, -0.1) is 0 Å². The predicted octanol–water partition coefficient (Wildman–Crippen LogP) is 4.36. The lowest BCUT2D eigenvalue weighted by atomic mass is 9.95. The molecule has 9 heteroatoms. The highest BCUT2D eigenvalue weighted by Crippen LogP contribution is 2.37. The first kappa shape index (κ1) is 25.9. The van der Waals surface area contributed by atoms with Crippen molar-refractivity contribution < 1.29 is 19.0 Å². The number of allylic oxidation sites excluding steroid dienone is 1. The Kier molecular flexibility index (Phi) is 8.11. The van der Waals surface area contributed by atoms with Crippen LogP contribution in [0.1, 0.15) is 44.4 Å². The zero-order chi connectivity index (χ0) is 25.8. The van der Waals surface area contributed by atoms with Gasteiger partial charge in [-0.2, -0.15) is 0 Å². The molecule has 0 saturated carbocycles. The summed E-state index contributed by atoms with van der Waals surface area (Å²) >= 11 is 4.86. The van der Waals surface area contributed by atoms with Crippen LogP contribution in [0.4, 0.5) is 0 Å². The zero-order valence-corrected chi connectivity index (χ0v) is 22.9. The summed E-state index contributed by atoms with van der Waals surface area (Å²) < 4.78 is 19.4. The van der Waals surface area contributed by atoms with Crippen molar-refractivity contribution in [1.29, 1.82) is 0 Å². The van der Waals surface area contributed by atoms with Gasteiger partial charge in [0.25, 0.3) is 5.56 Å². The molecule has 7 nitrogen and oxygen atoms in total. The number of nitrogens with zero attached hydrogens (tertiary/aromatic N) is 2. The average Bonchev–Trinajstić information content (AvgIpc) is 3.19. The molecule has 3 aromatic rings. The van der Waals surface area contributed by atoms with E-state index in [2.05, 4.69) is 15.9 Å². The molecule has 36 heavy (non-hydrogen) atoms. The Morgan fingerprint density at radius 2 is 1.86 bits per heavy atom. The number of methoxy groups -OCH3 is 1. The van der Waals surface area contributed by atoms with Crippen molar-refractivity contribution in [2.24, 2.45) is 4.99 Å². The van der Waals surface area contributed by atoms with Crippen LogP contribution in [0.2, 0.25) is 0 Å². The molecule has 1 atom stereocenters. The monoisotopic (exact) mass is 570 g/mol. The van der Waals surface area contributed by atoms with Gasteiger partial charge in [0.05, 0.1) is 46.6 Å².